The molecule has 2 saturated heterocycles. The van der Waals surface area contributed by atoms with E-state index in [2.05, 4.69) is 21.6 Å². The summed E-state index contributed by atoms with van der Waals surface area (Å²) in [5.41, 5.74) is 1.08. The number of anilines is 1. The molecular weight excluding hydrogens is 294 g/mol. The van der Waals surface area contributed by atoms with E-state index in [9.17, 15) is 4.79 Å². The molecule has 1 aromatic rings. The summed E-state index contributed by atoms with van der Waals surface area (Å²) in [7, 11) is 1.68. The van der Waals surface area contributed by atoms with Crippen LogP contribution in [0.4, 0.5) is 5.69 Å². The molecule has 126 valence electrons. The van der Waals surface area contributed by atoms with Crippen LogP contribution in [0.5, 0.6) is 5.75 Å². The minimum atomic E-state index is -0.260. The van der Waals surface area contributed by atoms with Crippen LogP contribution < -0.4 is 20.3 Å². The van der Waals surface area contributed by atoms with Gasteiger partial charge in [-0.05, 0) is 25.5 Å². The van der Waals surface area contributed by atoms with E-state index in [0.717, 1.165) is 37.5 Å². The zero-order valence-electron chi connectivity index (χ0n) is 13.7. The van der Waals surface area contributed by atoms with Gasteiger partial charge in [-0.25, -0.2) is 0 Å². The summed E-state index contributed by atoms with van der Waals surface area (Å²) in [5, 5.41) is 6.39. The number of carbonyl (C=O) groups excluding carboxylic acids is 1. The van der Waals surface area contributed by atoms with Crippen LogP contribution in [0.1, 0.15) is 13.3 Å². The minimum absolute atomic E-state index is 0.0316. The zero-order valence-corrected chi connectivity index (χ0v) is 13.7. The summed E-state index contributed by atoms with van der Waals surface area (Å²) in [6.07, 6.45) is 0.849. The predicted octanol–water partition coefficient (Wildman–Crippen LogP) is 0.767. The third-order valence-electron chi connectivity index (χ3n) is 4.56. The van der Waals surface area contributed by atoms with E-state index in [1.165, 1.54) is 0 Å². The van der Waals surface area contributed by atoms with Crippen LogP contribution in [0.2, 0.25) is 0 Å². The molecule has 0 aromatic heterocycles. The van der Waals surface area contributed by atoms with Crippen LogP contribution in [0.25, 0.3) is 0 Å². The smallest absolute Gasteiger partial charge is 0.240 e. The second-order valence-corrected chi connectivity index (χ2v) is 6.12. The first-order valence-electron chi connectivity index (χ1n) is 8.22. The van der Waals surface area contributed by atoms with Crippen molar-refractivity contribution in [1.29, 1.82) is 0 Å². The Morgan fingerprint density at radius 2 is 2.26 bits per heavy atom. The van der Waals surface area contributed by atoms with Gasteiger partial charge in [0.1, 0.15) is 11.8 Å². The highest BCUT2D eigenvalue weighted by molar-refractivity contribution is 5.83. The summed E-state index contributed by atoms with van der Waals surface area (Å²) >= 11 is 0. The molecule has 2 aliphatic heterocycles. The summed E-state index contributed by atoms with van der Waals surface area (Å²) in [6.45, 7) is 5.03. The van der Waals surface area contributed by atoms with Crippen LogP contribution in [-0.2, 0) is 9.53 Å². The van der Waals surface area contributed by atoms with E-state index in [-0.39, 0.29) is 24.1 Å². The van der Waals surface area contributed by atoms with E-state index in [0.29, 0.717) is 6.61 Å². The fourth-order valence-electron chi connectivity index (χ4n) is 3.31. The number of methoxy groups -OCH3 is 1. The average molecular weight is 319 g/mol. The normalized spacial score (nSPS) is 27.7. The summed E-state index contributed by atoms with van der Waals surface area (Å²) < 4.78 is 11.0. The van der Waals surface area contributed by atoms with Gasteiger partial charge in [-0.2, -0.15) is 0 Å². The van der Waals surface area contributed by atoms with Crippen molar-refractivity contribution in [3.05, 3.63) is 24.3 Å². The van der Waals surface area contributed by atoms with Crippen molar-refractivity contribution in [1.82, 2.24) is 10.6 Å². The predicted molar refractivity (Wildman–Crippen MR) is 89.0 cm³/mol. The van der Waals surface area contributed by atoms with Gasteiger partial charge >= 0.3 is 0 Å². The van der Waals surface area contributed by atoms with Gasteiger partial charge in [-0.15, -0.1) is 0 Å². The minimum Gasteiger partial charge on any atom is -0.495 e. The van der Waals surface area contributed by atoms with E-state index < -0.39 is 0 Å². The second-order valence-electron chi connectivity index (χ2n) is 6.12. The number of nitrogens with zero attached hydrogens (tertiary/aromatic N) is 1. The van der Waals surface area contributed by atoms with E-state index in [1.54, 1.807) is 7.11 Å². The second kappa shape index (κ2) is 7.19. The number of nitrogens with one attached hydrogen (secondary N) is 2. The molecule has 2 aliphatic rings. The number of benzene rings is 1. The number of carbonyl (C=O) groups is 1. The molecule has 0 saturated carbocycles. The number of hydrogen-bond donors (Lipinski definition) is 2. The Morgan fingerprint density at radius 3 is 3.04 bits per heavy atom. The van der Waals surface area contributed by atoms with Gasteiger partial charge in [-0.1, -0.05) is 12.1 Å². The number of ether oxygens (including phenoxy) is 2. The summed E-state index contributed by atoms with van der Waals surface area (Å²) in [4.78, 5) is 14.7. The van der Waals surface area contributed by atoms with Crippen molar-refractivity contribution in [3.8, 4) is 5.75 Å². The lowest BCUT2D eigenvalue weighted by Crippen LogP contribution is -2.57. The van der Waals surface area contributed by atoms with Crippen molar-refractivity contribution < 1.29 is 14.3 Å². The van der Waals surface area contributed by atoms with Crippen molar-refractivity contribution in [2.24, 2.45) is 0 Å². The van der Waals surface area contributed by atoms with Crippen molar-refractivity contribution in [2.45, 2.75) is 31.5 Å². The van der Waals surface area contributed by atoms with Gasteiger partial charge in [0, 0.05) is 25.7 Å². The van der Waals surface area contributed by atoms with Crippen LogP contribution >= 0.6 is 0 Å². The molecule has 0 spiro atoms. The first-order valence-corrected chi connectivity index (χ1v) is 8.22. The van der Waals surface area contributed by atoms with Gasteiger partial charge in [-0.3, -0.25) is 4.79 Å². The third-order valence-corrected chi connectivity index (χ3v) is 4.56. The number of morpholine rings is 1. The Kier molecular flexibility index (Phi) is 5.03. The number of amides is 1. The monoisotopic (exact) mass is 319 g/mol. The molecule has 2 N–H and O–H groups in total. The highest BCUT2D eigenvalue weighted by atomic mass is 16.5. The molecule has 1 amide bonds. The maximum absolute atomic E-state index is 12.4. The molecule has 23 heavy (non-hydrogen) atoms. The maximum Gasteiger partial charge on any atom is 0.240 e. The van der Waals surface area contributed by atoms with E-state index >= 15 is 0 Å². The molecule has 1 unspecified atom stereocenters. The molecule has 6 nitrogen and oxygen atoms in total. The first-order chi connectivity index (χ1) is 11.2. The number of hydrogen-bond acceptors (Lipinski definition) is 5. The number of rotatable bonds is 4. The molecule has 3 atom stereocenters. The van der Waals surface area contributed by atoms with Crippen LogP contribution in [-0.4, -0.2) is 57.4 Å². The van der Waals surface area contributed by atoms with Crippen molar-refractivity contribution >= 4 is 11.6 Å². The summed E-state index contributed by atoms with van der Waals surface area (Å²) in [5.74, 6) is 0.902. The highest BCUT2D eigenvalue weighted by Crippen LogP contribution is 2.30. The Labute approximate surface area is 137 Å². The molecule has 0 bridgehead atoms. The van der Waals surface area contributed by atoms with E-state index in [4.69, 9.17) is 9.47 Å². The fourth-order valence-corrected chi connectivity index (χ4v) is 3.31. The number of para-hydroxylation sites is 2. The van der Waals surface area contributed by atoms with Gasteiger partial charge in [0.25, 0.3) is 0 Å². The highest BCUT2D eigenvalue weighted by Gasteiger charge is 2.32. The lowest BCUT2D eigenvalue weighted by Gasteiger charge is -2.30. The topological polar surface area (TPSA) is 62.8 Å². The van der Waals surface area contributed by atoms with Gasteiger partial charge in [0.05, 0.1) is 25.5 Å². The quantitative estimate of drug-likeness (QED) is 0.858. The summed E-state index contributed by atoms with van der Waals surface area (Å²) in [6, 6.07) is 7.89. The lowest BCUT2D eigenvalue weighted by atomic mass is 10.1. The zero-order chi connectivity index (χ0) is 16.2. The largest absolute Gasteiger partial charge is 0.495 e. The Hall–Kier alpha value is -1.79. The van der Waals surface area contributed by atoms with Gasteiger partial charge < -0.3 is 25.0 Å². The lowest BCUT2D eigenvalue weighted by molar-refractivity contribution is -0.129. The Balaban J connectivity index is 1.58. The molecule has 0 radical (unpaired) electrons. The van der Waals surface area contributed by atoms with Gasteiger partial charge in [0.15, 0.2) is 0 Å². The molecule has 6 heteroatoms. The van der Waals surface area contributed by atoms with Crippen molar-refractivity contribution in [2.75, 3.05) is 38.3 Å². The Bertz CT molecular complexity index is 552. The van der Waals surface area contributed by atoms with Crippen LogP contribution in [0.15, 0.2) is 24.3 Å². The first kappa shape index (κ1) is 16.1. The fraction of sp³-hybridized carbons (Fsp3) is 0.588. The Morgan fingerprint density at radius 1 is 1.43 bits per heavy atom. The van der Waals surface area contributed by atoms with E-state index in [1.807, 2.05) is 25.1 Å². The maximum atomic E-state index is 12.4. The van der Waals surface area contributed by atoms with Crippen molar-refractivity contribution in [3.63, 3.8) is 0 Å². The molecule has 0 aliphatic carbocycles. The molecule has 2 heterocycles. The SMILES string of the molecule is COc1ccccc1N1CCC(NC(=O)[C@H]2NCCO[C@@H]2C)C1. The average Bonchev–Trinajstić information content (AvgIpc) is 3.03. The van der Waals surface area contributed by atoms with Gasteiger partial charge in [0.2, 0.25) is 5.91 Å². The molecule has 3 rings (SSSR count). The third kappa shape index (κ3) is 3.59. The molecule has 2 fully saturated rings. The van der Waals surface area contributed by atoms with Crippen LogP contribution in [0.3, 0.4) is 0 Å². The molecular formula is C17H25N3O3. The molecule has 1 aromatic carbocycles. The van der Waals surface area contributed by atoms with Crippen LogP contribution in [0, 0.1) is 0 Å². The standard InChI is InChI=1S/C17H25N3O3/c1-12-16(18-8-10-23-12)17(21)19-13-7-9-20(11-13)14-5-3-4-6-15(14)22-2/h3-6,12-13,16,18H,7-11H2,1-2H3,(H,19,21)/t12-,13?,16+/m1/s1.